The van der Waals surface area contributed by atoms with Crippen LogP contribution in [-0.2, 0) is 11.8 Å². The van der Waals surface area contributed by atoms with Gasteiger partial charge in [-0.15, -0.1) is 0 Å². The number of hydrogen-bond acceptors (Lipinski definition) is 5. The van der Waals surface area contributed by atoms with Crippen LogP contribution >= 0.6 is 15.9 Å². The summed E-state index contributed by atoms with van der Waals surface area (Å²) in [6.07, 6.45) is 1.76. The van der Waals surface area contributed by atoms with Crippen LogP contribution in [0.25, 0.3) is 0 Å². The Balaban J connectivity index is 1.74. The fourth-order valence-corrected chi connectivity index (χ4v) is 3.23. The number of aromatic nitrogens is 2. The fourth-order valence-electron chi connectivity index (χ4n) is 2.92. The lowest BCUT2D eigenvalue weighted by Crippen LogP contribution is -2.25. The zero-order chi connectivity index (χ0) is 17.6. The summed E-state index contributed by atoms with van der Waals surface area (Å²) in [5.74, 6) is 0.795. The fraction of sp³-hybridized carbons (Fsp3) is 0.188. The molecule has 4 heterocycles. The molecule has 3 aromatic heterocycles. The van der Waals surface area contributed by atoms with Crippen molar-refractivity contribution in [2.24, 2.45) is 7.05 Å². The molecule has 0 saturated heterocycles. The first-order chi connectivity index (χ1) is 12.0. The molecular weight excluding hydrogens is 392 g/mol. The van der Waals surface area contributed by atoms with Gasteiger partial charge in [0.2, 0.25) is 5.91 Å². The minimum atomic E-state index is -0.429. The summed E-state index contributed by atoms with van der Waals surface area (Å²) in [5.41, 5.74) is 0.705. The lowest BCUT2D eigenvalue weighted by molar-refractivity contribution is -0.116. The zero-order valence-corrected chi connectivity index (χ0v) is 14.7. The Morgan fingerprint density at radius 2 is 2.28 bits per heavy atom. The molecule has 2 N–H and O–H groups in total. The average molecular weight is 405 g/mol. The highest BCUT2D eigenvalue weighted by molar-refractivity contribution is 9.10. The number of nitrogens with one attached hydrogen (secondary N) is 2. The van der Waals surface area contributed by atoms with Crippen molar-refractivity contribution in [1.29, 1.82) is 0 Å². The maximum Gasteiger partial charge on any atom is 0.292 e. The Kier molecular flexibility index (Phi) is 3.72. The van der Waals surface area contributed by atoms with E-state index >= 15 is 0 Å². The third-order valence-electron chi connectivity index (χ3n) is 4.00. The van der Waals surface area contributed by atoms with Gasteiger partial charge in [0.05, 0.1) is 17.7 Å². The molecule has 0 aromatic carbocycles. The number of carbonyl (C=O) groups is 2. The molecule has 9 heteroatoms. The molecule has 128 valence electrons. The van der Waals surface area contributed by atoms with Gasteiger partial charge in [-0.25, -0.2) is 0 Å². The first kappa shape index (κ1) is 15.7. The highest BCUT2D eigenvalue weighted by atomic mass is 79.9. The Labute approximate surface area is 150 Å². The van der Waals surface area contributed by atoms with Crippen molar-refractivity contribution < 1.29 is 18.4 Å². The summed E-state index contributed by atoms with van der Waals surface area (Å²) < 4.78 is 12.7. The summed E-state index contributed by atoms with van der Waals surface area (Å²) in [6, 6.07) is 6.75. The van der Waals surface area contributed by atoms with E-state index in [1.54, 1.807) is 37.6 Å². The Morgan fingerprint density at radius 3 is 2.96 bits per heavy atom. The number of nitrogens with zero attached hydrogens (tertiary/aromatic N) is 2. The molecule has 0 radical (unpaired) electrons. The molecule has 1 aliphatic heterocycles. The molecule has 0 aliphatic carbocycles. The van der Waals surface area contributed by atoms with Gasteiger partial charge >= 0.3 is 0 Å². The molecule has 0 unspecified atom stereocenters. The van der Waals surface area contributed by atoms with Crippen LogP contribution in [0.4, 0.5) is 11.6 Å². The van der Waals surface area contributed by atoms with E-state index in [2.05, 4.69) is 31.7 Å². The second kappa shape index (κ2) is 5.92. The van der Waals surface area contributed by atoms with Crippen molar-refractivity contribution in [1.82, 2.24) is 9.78 Å². The topological polar surface area (TPSA) is 102 Å². The predicted molar refractivity (Wildman–Crippen MR) is 91.4 cm³/mol. The van der Waals surface area contributed by atoms with Gasteiger partial charge in [0.1, 0.15) is 11.6 Å². The zero-order valence-electron chi connectivity index (χ0n) is 13.1. The number of halogens is 1. The molecule has 1 atom stereocenters. The SMILES string of the molecule is Cn1nc(NC(=O)c2ccc(Br)o2)c2c1NC(=O)C[C@@H]2c1ccco1. The Hall–Kier alpha value is -2.81. The third kappa shape index (κ3) is 2.76. The molecule has 8 nitrogen and oxygen atoms in total. The van der Waals surface area contributed by atoms with Crippen LogP contribution in [0.5, 0.6) is 0 Å². The summed E-state index contributed by atoms with van der Waals surface area (Å²) in [5, 5.41) is 9.88. The van der Waals surface area contributed by atoms with Crippen LogP contribution in [0.2, 0.25) is 0 Å². The second-order valence-electron chi connectivity index (χ2n) is 5.61. The van der Waals surface area contributed by atoms with Crippen molar-refractivity contribution in [3.8, 4) is 0 Å². The summed E-state index contributed by atoms with van der Waals surface area (Å²) in [6.45, 7) is 0. The maximum atomic E-state index is 12.4. The quantitative estimate of drug-likeness (QED) is 0.697. The largest absolute Gasteiger partial charge is 0.469 e. The van der Waals surface area contributed by atoms with Gasteiger partial charge < -0.3 is 19.5 Å². The van der Waals surface area contributed by atoms with E-state index < -0.39 is 5.91 Å². The number of carbonyl (C=O) groups excluding carboxylic acids is 2. The molecule has 4 rings (SSSR count). The summed E-state index contributed by atoms with van der Waals surface area (Å²) >= 11 is 3.17. The van der Waals surface area contributed by atoms with Gasteiger partial charge in [-0.1, -0.05) is 0 Å². The van der Waals surface area contributed by atoms with E-state index in [1.807, 2.05) is 0 Å². The monoisotopic (exact) mass is 404 g/mol. The second-order valence-corrected chi connectivity index (χ2v) is 6.39. The number of amides is 2. The van der Waals surface area contributed by atoms with Gasteiger partial charge in [-0.2, -0.15) is 5.10 Å². The molecule has 25 heavy (non-hydrogen) atoms. The number of furan rings is 2. The molecule has 0 saturated carbocycles. The first-order valence-corrected chi connectivity index (χ1v) is 8.29. The van der Waals surface area contributed by atoms with Crippen LogP contribution in [0.15, 0.2) is 44.0 Å². The third-order valence-corrected chi connectivity index (χ3v) is 4.42. The molecule has 0 spiro atoms. The van der Waals surface area contributed by atoms with Crippen molar-refractivity contribution in [3.05, 3.63) is 52.3 Å². The first-order valence-electron chi connectivity index (χ1n) is 7.49. The Morgan fingerprint density at radius 1 is 1.44 bits per heavy atom. The van der Waals surface area contributed by atoms with Gasteiger partial charge in [0, 0.05) is 13.5 Å². The molecule has 1 aliphatic rings. The van der Waals surface area contributed by atoms with Gasteiger partial charge in [-0.3, -0.25) is 14.3 Å². The minimum Gasteiger partial charge on any atom is -0.469 e. The van der Waals surface area contributed by atoms with Crippen molar-refractivity contribution >= 4 is 39.4 Å². The predicted octanol–water partition coefficient (Wildman–Crippen LogP) is 3.10. The molecule has 0 bridgehead atoms. The van der Waals surface area contributed by atoms with E-state index in [0.717, 1.165) is 0 Å². The van der Waals surface area contributed by atoms with E-state index in [1.165, 1.54) is 4.68 Å². The average Bonchev–Trinajstić information content (AvgIpc) is 3.29. The molecular formula is C16H13BrN4O4. The number of hydrogen-bond donors (Lipinski definition) is 2. The standard InChI is InChI=1S/C16H13BrN4O4/c1-21-15-13(8(7-12(22)18-15)9-3-2-6-24-9)14(20-21)19-16(23)10-4-5-11(17)25-10/h2-6,8H,7H2,1H3,(H,18,22)(H,19,20,23)/t8-/m1/s1. The van der Waals surface area contributed by atoms with Gasteiger partial charge in [0.15, 0.2) is 16.2 Å². The maximum absolute atomic E-state index is 12.4. The summed E-state index contributed by atoms with van der Waals surface area (Å²) in [7, 11) is 1.70. The van der Waals surface area contributed by atoms with Crippen molar-refractivity contribution in [3.63, 3.8) is 0 Å². The van der Waals surface area contributed by atoms with E-state index in [0.29, 0.717) is 27.6 Å². The number of aryl methyl sites for hydroxylation is 1. The van der Waals surface area contributed by atoms with Crippen LogP contribution in [0.1, 0.15) is 34.2 Å². The number of anilines is 2. The van der Waals surface area contributed by atoms with Crippen LogP contribution in [0, 0.1) is 0 Å². The Bertz CT molecular complexity index is 957. The van der Waals surface area contributed by atoms with Crippen LogP contribution in [-0.4, -0.2) is 21.6 Å². The molecule has 2 amide bonds. The highest BCUT2D eigenvalue weighted by Crippen LogP contribution is 2.41. The minimum absolute atomic E-state index is 0.134. The van der Waals surface area contributed by atoms with Crippen LogP contribution in [0.3, 0.4) is 0 Å². The molecule has 0 fully saturated rings. The normalized spacial score (nSPS) is 16.4. The van der Waals surface area contributed by atoms with Crippen LogP contribution < -0.4 is 10.6 Å². The highest BCUT2D eigenvalue weighted by Gasteiger charge is 2.35. The number of fused-ring (bicyclic) bond motifs is 1. The van der Waals surface area contributed by atoms with E-state index in [-0.39, 0.29) is 24.0 Å². The summed E-state index contributed by atoms with van der Waals surface area (Å²) in [4.78, 5) is 24.4. The van der Waals surface area contributed by atoms with Crippen molar-refractivity contribution in [2.75, 3.05) is 10.6 Å². The lowest BCUT2D eigenvalue weighted by atomic mass is 9.91. The lowest BCUT2D eigenvalue weighted by Gasteiger charge is -2.22. The van der Waals surface area contributed by atoms with Crippen molar-refractivity contribution in [2.45, 2.75) is 12.3 Å². The smallest absolute Gasteiger partial charge is 0.292 e. The van der Waals surface area contributed by atoms with Gasteiger partial charge in [-0.05, 0) is 40.2 Å². The molecule has 3 aromatic rings. The van der Waals surface area contributed by atoms with E-state index in [4.69, 9.17) is 8.83 Å². The van der Waals surface area contributed by atoms with Gasteiger partial charge in [0.25, 0.3) is 5.91 Å². The number of rotatable bonds is 3. The van der Waals surface area contributed by atoms with E-state index in [9.17, 15) is 9.59 Å².